The second kappa shape index (κ2) is 8.78. The monoisotopic (exact) mass is 343 g/mol. The molecule has 8 nitrogen and oxygen atoms in total. The van der Waals surface area contributed by atoms with Crippen LogP contribution in [0.1, 0.15) is 43.1 Å². The van der Waals surface area contributed by atoms with Gasteiger partial charge >= 0.3 is 0 Å². The normalized spacial score (nSPS) is 14.8. The predicted molar refractivity (Wildman–Crippen MR) is 90.2 cm³/mol. The fourth-order valence-electron chi connectivity index (χ4n) is 2.78. The quantitative estimate of drug-likeness (QED) is 0.640. The number of hydrogen-bond acceptors (Lipinski definition) is 5. The summed E-state index contributed by atoms with van der Waals surface area (Å²) in [7, 11) is 0. The van der Waals surface area contributed by atoms with Crippen molar-refractivity contribution in [3.05, 3.63) is 24.0 Å². The summed E-state index contributed by atoms with van der Waals surface area (Å²) in [5.41, 5.74) is -0.593. The maximum Gasteiger partial charge on any atom is 0.272 e. The van der Waals surface area contributed by atoms with Crippen molar-refractivity contribution < 1.29 is 14.4 Å². The Morgan fingerprint density at radius 2 is 1.84 bits per heavy atom. The zero-order valence-corrected chi connectivity index (χ0v) is 14.1. The Labute approximate surface area is 146 Å². The van der Waals surface area contributed by atoms with Gasteiger partial charge < -0.3 is 16.0 Å². The third kappa shape index (κ3) is 5.28. The van der Waals surface area contributed by atoms with Crippen molar-refractivity contribution in [2.45, 2.75) is 38.1 Å². The number of amides is 3. The number of aromatic nitrogens is 2. The van der Waals surface area contributed by atoms with Crippen LogP contribution in [0.15, 0.2) is 18.3 Å². The molecule has 3 amide bonds. The summed E-state index contributed by atoms with van der Waals surface area (Å²) in [4.78, 5) is 35.4. The topological polar surface area (TPSA) is 113 Å². The number of carbonyl (C=O) groups excluding carboxylic acids is 3. The summed E-state index contributed by atoms with van der Waals surface area (Å²) < 4.78 is 0. The van der Waals surface area contributed by atoms with E-state index in [0.29, 0.717) is 12.8 Å². The Morgan fingerprint density at radius 3 is 2.44 bits per heavy atom. The molecule has 1 saturated carbocycles. The molecule has 0 spiro atoms. The molecular weight excluding hydrogens is 322 g/mol. The van der Waals surface area contributed by atoms with E-state index < -0.39 is 5.54 Å². The van der Waals surface area contributed by atoms with Crippen LogP contribution < -0.4 is 16.0 Å². The lowest BCUT2D eigenvalue weighted by molar-refractivity contribution is -0.132. The highest BCUT2D eigenvalue weighted by Gasteiger charge is 2.41. The van der Waals surface area contributed by atoms with Crippen LogP contribution in [0.25, 0.3) is 0 Å². The van der Waals surface area contributed by atoms with E-state index in [9.17, 15) is 14.4 Å². The molecule has 0 aliphatic heterocycles. The number of hydrogen-bond donors (Lipinski definition) is 3. The minimum Gasteiger partial charge on any atom is -0.343 e. The van der Waals surface area contributed by atoms with Gasteiger partial charge in [-0.25, -0.2) is 0 Å². The molecule has 0 radical (unpaired) electrons. The van der Waals surface area contributed by atoms with Gasteiger partial charge in [-0.2, -0.15) is 5.10 Å². The highest BCUT2D eigenvalue weighted by Crippen LogP contribution is 2.29. The fourth-order valence-corrected chi connectivity index (χ4v) is 2.78. The van der Waals surface area contributed by atoms with Crippen LogP contribution in [0.5, 0.6) is 0 Å². The molecule has 0 atom stereocenters. The maximum absolute atomic E-state index is 12.4. The lowest BCUT2D eigenvalue weighted by Crippen LogP contribution is -2.56. The van der Waals surface area contributed by atoms with Gasteiger partial charge in [0.05, 0.1) is 13.1 Å². The molecule has 1 aromatic rings. The van der Waals surface area contributed by atoms with E-state index in [4.69, 9.17) is 0 Å². The lowest BCUT2D eigenvalue weighted by atomic mass is 9.96. The van der Waals surface area contributed by atoms with E-state index in [1.165, 1.54) is 13.1 Å². The molecule has 1 aliphatic rings. The summed E-state index contributed by atoms with van der Waals surface area (Å²) >= 11 is 0. The van der Waals surface area contributed by atoms with Crippen molar-refractivity contribution in [1.29, 1.82) is 0 Å². The first kappa shape index (κ1) is 18.4. The Kier molecular flexibility index (Phi) is 6.46. The van der Waals surface area contributed by atoms with Gasteiger partial charge in [0, 0.05) is 13.1 Å². The standard InChI is InChI=1S/C17H21N5O3/c1-13(23)21-17(8-2-3-9-17)16(25)19-11-5-4-10-18-15(24)14-7-6-12-20-22-14/h6-7,12H,2-3,8-11H2,1H3,(H,18,24)(H,19,25)(H,21,23). The van der Waals surface area contributed by atoms with E-state index in [-0.39, 0.29) is 36.5 Å². The highest BCUT2D eigenvalue weighted by atomic mass is 16.2. The van der Waals surface area contributed by atoms with Crippen molar-refractivity contribution in [3.63, 3.8) is 0 Å². The van der Waals surface area contributed by atoms with Crippen LogP contribution >= 0.6 is 0 Å². The van der Waals surface area contributed by atoms with Crippen molar-refractivity contribution >= 4 is 17.7 Å². The number of nitrogens with one attached hydrogen (secondary N) is 3. The molecule has 1 fully saturated rings. The van der Waals surface area contributed by atoms with Crippen LogP contribution in [-0.2, 0) is 9.59 Å². The van der Waals surface area contributed by atoms with Gasteiger partial charge in [-0.1, -0.05) is 24.7 Å². The molecule has 132 valence electrons. The summed E-state index contributed by atoms with van der Waals surface area (Å²) in [5.74, 6) is 4.74. The zero-order chi connectivity index (χ0) is 18.1. The van der Waals surface area contributed by atoms with E-state index in [1.807, 2.05) is 0 Å². The van der Waals surface area contributed by atoms with Gasteiger partial charge in [0.25, 0.3) is 5.91 Å². The minimum absolute atomic E-state index is 0.141. The van der Waals surface area contributed by atoms with E-state index >= 15 is 0 Å². The number of nitrogens with zero attached hydrogens (tertiary/aromatic N) is 2. The van der Waals surface area contributed by atoms with Gasteiger partial charge in [-0.3, -0.25) is 14.4 Å². The lowest BCUT2D eigenvalue weighted by Gasteiger charge is -2.28. The zero-order valence-electron chi connectivity index (χ0n) is 14.1. The van der Waals surface area contributed by atoms with Gasteiger partial charge in [-0.05, 0) is 25.0 Å². The third-order valence-electron chi connectivity index (χ3n) is 3.91. The van der Waals surface area contributed by atoms with Crippen LogP contribution in [0, 0.1) is 11.8 Å². The Hall–Kier alpha value is -2.95. The fraction of sp³-hybridized carbons (Fsp3) is 0.471. The Morgan fingerprint density at radius 1 is 1.16 bits per heavy atom. The Bertz CT molecular complexity index is 687. The average molecular weight is 343 g/mol. The van der Waals surface area contributed by atoms with Gasteiger partial charge in [-0.15, -0.1) is 5.10 Å². The predicted octanol–water partition coefficient (Wildman–Crippen LogP) is -0.225. The molecular formula is C17H21N5O3. The summed E-state index contributed by atoms with van der Waals surface area (Å²) in [6.45, 7) is 1.70. The van der Waals surface area contributed by atoms with Crippen molar-refractivity contribution in [3.8, 4) is 11.8 Å². The highest BCUT2D eigenvalue weighted by molar-refractivity contribution is 5.92. The molecule has 25 heavy (non-hydrogen) atoms. The number of carbonyl (C=O) groups is 3. The first-order chi connectivity index (χ1) is 12.0. The van der Waals surface area contributed by atoms with Crippen LogP contribution in [0.2, 0.25) is 0 Å². The van der Waals surface area contributed by atoms with Gasteiger partial charge in [0.15, 0.2) is 5.69 Å². The second-order valence-corrected chi connectivity index (χ2v) is 5.80. The smallest absolute Gasteiger partial charge is 0.272 e. The number of rotatable bonds is 5. The summed E-state index contributed by atoms with van der Waals surface area (Å²) in [6, 6.07) is 3.18. The summed E-state index contributed by atoms with van der Waals surface area (Å²) in [5, 5.41) is 15.4. The minimum atomic E-state index is -0.812. The van der Waals surface area contributed by atoms with Crippen LogP contribution in [-0.4, -0.2) is 46.5 Å². The third-order valence-corrected chi connectivity index (χ3v) is 3.91. The largest absolute Gasteiger partial charge is 0.343 e. The second-order valence-electron chi connectivity index (χ2n) is 5.80. The SMILES string of the molecule is CC(=O)NC1(C(=O)NCC#CCNC(=O)c2cccnn2)CCCC1. The molecule has 8 heteroatoms. The molecule has 0 aromatic carbocycles. The van der Waals surface area contributed by atoms with Crippen LogP contribution in [0.4, 0.5) is 0 Å². The van der Waals surface area contributed by atoms with Gasteiger partial charge in [0.2, 0.25) is 11.8 Å². The molecule has 1 aliphatic carbocycles. The molecule has 3 N–H and O–H groups in total. The first-order valence-electron chi connectivity index (χ1n) is 8.12. The molecule has 1 heterocycles. The molecule has 2 rings (SSSR count). The van der Waals surface area contributed by atoms with E-state index in [1.54, 1.807) is 12.1 Å². The first-order valence-corrected chi connectivity index (χ1v) is 8.12. The summed E-state index contributed by atoms with van der Waals surface area (Å²) in [6.07, 6.45) is 4.58. The van der Waals surface area contributed by atoms with Crippen molar-refractivity contribution in [1.82, 2.24) is 26.1 Å². The molecule has 0 bridgehead atoms. The molecule has 1 aromatic heterocycles. The van der Waals surface area contributed by atoms with Crippen LogP contribution in [0.3, 0.4) is 0 Å². The Balaban J connectivity index is 1.75. The van der Waals surface area contributed by atoms with Crippen molar-refractivity contribution in [2.24, 2.45) is 0 Å². The molecule has 0 unspecified atom stereocenters. The maximum atomic E-state index is 12.4. The molecule has 0 saturated heterocycles. The van der Waals surface area contributed by atoms with Gasteiger partial charge in [0.1, 0.15) is 5.54 Å². The van der Waals surface area contributed by atoms with E-state index in [2.05, 4.69) is 38.0 Å². The van der Waals surface area contributed by atoms with E-state index in [0.717, 1.165) is 12.8 Å². The average Bonchev–Trinajstić information content (AvgIpc) is 3.07. The van der Waals surface area contributed by atoms with Crippen molar-refractivity contribution in [2.75, 3.05) is 13.1 Å².